The summed E-state index contributed by atoms with van der Waals surface area (Å²) in [4.78, 5) is 10.4. The van der Waals surface area contributed by atoms with Gasteiger partial charge in [-0.25, -0.2) is 0 Å². The van der Waals surface area contributed by atoms with Crippen molar-refractivity contribution < 1.29 is 9.90 Å². The normalized spacial score (nSPS) is 12.1. The lowest BCUT2D eigenvalue weighted by Gasteiger charge is -2.11. The number of hydrogen-bond acceptors (Lipinski definition) is 4. The van der Waals surface area contributed by atoms with Gasteiger partial charge >= 0.3 is 5.97 Å². The van der Waals surface area contributed by atoms with Gasteiger partial charge in [-0.3, -0.25) is 4.79 Å². The van der Waals surface area contributed by atoms with Crippen molar-refractivity contribution in [3.05, 3.63) is 17.3 Å². The van der Waals surface area contributed by atoms with E-state index in [1.54, 1.807) is 12.1 Å². The molecule has 16 heavy (non-hydrogen) atoms. The van der Waals surface area contributed by atoms with Crippen LogP contribution in [0.1, 0.15) is 19.8 Å². The van der Waals surface area contributed by atoms with Gasteiger partial charge in [-0.05, 0) is 24.5 Å². The Morgan fingerprint density at radius 3 is 2.88 bits per heavy atom. The second-order valence-corrected chi connectivity index (χ2v) is 4.05. The van der Waals surface area contributed by atoms with Crippen molar-refractivity contribution in [2.24, 2.45) is 5.92 Å². The molecule has 6 heteroatoms. The molecule has 2 N–H and O–H groups in total. The monoisotopic (exact) mass is 243 g/mol. The van der Waals surface area contributed by atoms with Crippen LogP contribution in [0.4, 0.5) is 5.82 Å². The van der Waals surface area contributed by atoms with Crippen LogP contribution in [0.3, 0.4) is 0 Å². The first-order chi connectivity index (χ1) is 7.58. The topological polar surface area (TPSA) is 75.1 Å². The fourth-order valence-electron chi connectivity index (χ4n) is 1.16. The lowest BCUT2D eigenvalue weighted by molar-refractivity contribution is -0.137. The number of hydrogen-bond donors (Lipinski definition) is 2. The van der Waals surface area contributed by atoms with Crippen LogP contribution in [0.5, 0.6) is 0 Å². The van der Waals surface area contributed by atoms with Gasteiger partial charge in [0.15, 0.2) is 5.15 Å². The fourth-order valence-corrected chi connectivity index (χ4v) is 1.26. The van der Waals surface area contributed by atoms with Gasteiger partial charge in [-0.15, -0.1) is 10.2 Å². The first-order valence-corrected chi connectivity index (χ1v) is 5.40. The number of nitrogens with zero attached hydrogens (tertiary/aromatic N) is 2. The van der Waals surface area contributed by atoms with E-state index >= 15 is 0 Å². The maximum Gasteiger partial charge on any atom is 0.303 e. The van der Waals surface area contributed by atoms with E-state index in [0.29, 0.717) is 23.9 Å². The van der Waals surface area contributed by atoms with Crippen LogP contribution in [-0.4, -0.2) is 27.8 Å². The molecule has 0 aromatic carbocycles. The third-order valence-electron chi connectivity index (χ3n) is 2.11. The molecule has 88 valence electrons. The van der Waals surface area contributed by atoms with Gasteiger partial charge in [-0.1, -0.05) is 18.5 Å². The highest BCUT2D eigenvalue weighted by molar-refractivity contribution is 6.29. The van der Waals surface area contributed by atoms with Gasteiger partial charge in [0.25, 0.3) is 0 Å². The summed E-state index contributed by atoms with van der Waals surface area (Å²) in [5.41, 5.74) is 0. The number of aliphatic carboxylic acids is 1. The minimum atomic E-state index is -0.766. The molecule has 0 saturated carbocycles. The van der Waals surface area contributed by atoms with Gasteiger partial charge < -0.3 is 10.4 Å². The first kappa shape index (κ1) is 12.7. The SMILES string of the molecule is CC(CCC(=O)O)CNc1ccc(Cl)nn1. The zero-order valence-corrected chi connectivity index (χ0v) is 9.74. The van der Waals surface area contributed by atoms with Crippen LogP contribution < -0.4 is 5.32 Å². The minimum Gasteiger partial charge on any atom is -0.481 e. The Bertz CT molecular complexity index is 342. The Balaban J connectivity index is 2.28. The number of carboxylic acid groups (broad SMARTS) is 1. The highest BCUT2D eigenvalue weighted by Crippen LogP contribution is 2.09. The molecule has 1 aromatic heterocycles. The molecule has 0 saturated heterocycles. The summed E-state index contributed by atoms with van der Waals surface area (Å²) in [7, 11) is 0. The molecule has 0 spiro atoms. The van der Waals surface area contributed by atoms with Crippen LogP contribution in [0.15, 0.2) is 12.1 Å². The maximum absolute atomic E-state index is 10.4. The summed E-state index contributed by atoms with van der Waals surface area (Å²) in [6.45, 7) is 2.66. The molecular weight excluding hydrogens is 230 g/mol. The number of rotatable bonds is 6. The predicted octanol–water partition coefficient (Wildman–Crippen LogP) is 2.04. The first-order valence-electron chi connectivity index (χ1n) is 5.03. The second-order valence-electron chi connectivity index (χ2n) is 3.66. The Labute approximate surface area is 98.8 Å². The molecule has 0 aliphatic carbocycles. The Morgan fingerprint density at radius 2 is 2.31 bits per heavy atom. The number of anilines is 1. The highest BCUT2D eigenvalue weighted by Gasteiger charge is 2.05. The summed E-state index contributed by atoms with van der Waals surface area (Å²) in [5, 5.41) is 19.5. The summed E-state index contributed by atoms with van der Waals surface area (Å²) in [6, 6.07) is 3.39. The molecule has 1 atom stereocenters. The van der Waals surface area contributed by atoms with E-state index in [-0.39, 0.29) is 12.3 Å². The maximum atomic E-state index is 10.4. The number of carbonyl (C=O) groups is 1. The summed E-state index contributed by atoms with van der Waals surface area (Å²) < 4.78 is 0. The molecule has 0 radical (unpaired) electrons. The molecule has 1 rings (SSSR count). The largest absolute Gasteiger partial charge is 0.481 e. The van der Waals surface area contributed by atoms with Crippen LogP contribution in [0.25, 0.3) is 0 Å². The number of nitrogens with one attached hydrogen (secondary N) is 1. The van der Waals surface area contributed by atoms with E-state index in [9.17, 15) is 4.79 Å². The molecular formula is C10H14ClN3O2. The predicted molar refractivity (Wildman–Crippen MR) is 61.6 cm³/mol. The Hall–Kier alpha value is -1.36. The lowest BCUT2D eigenvalue weighted by Crippen LogP contribution is -2.13. The van der Waals surface area contributed by atoms with Crippen LogP contribution >= 0.6 is 11.6 Å². The lowest BCUT2D eigenvalue weighted by atomic mass is 10.1. The van der Waals surface area contributed by atoms with Gasteiger partial charge in [0.2, 0.25) is 0 Å². The van der Waals surface area contributed by atoms with Crippen LogP contribution in [-0.2, 0) is 4.79 Å². The molecule has 1 aromatic rings. The fraction of sp³-hybridized carbons (Fsp3) is 0.500. The van der Waals surface area contributed by atoms with Crippen molar-refractivity contribution in [2.75, 3.05) is 11.9 Å². The molecule has 0 amide bonds. The van der Waals surface area contributed by atoms with Gasteiger partial charge in [-0.2, -0.15) is 0 Å². The van der Waals surface area contributed by atoms with Crippen LogP contribution in [0, 0.1) is 5.92 Å². The average Bonchev–Trinajstić information content (AvgIpc) is 2.25. The zero-order chi connectivity index (χ0) is 12.0. The summed E-state index contributed by atoms with van der Waals surface area (Å²) >= 11 is 5.59. The van der Waals surface area contributed by atoms with Crippen LogP contribution in [0.2, 0.25) is 5.15 Å². The van der Waals surface area contributed by atoms with Crippen molar-refractivity contribution in [2.45, 2.75) is 19.8 Å². The van der Waals surface area contributed by atoms with E-state index in [1.807, 2.05) is 6.92 Å². The molecule has 1 heterocycles. The number of aromatic nitrogens is 2. The number of halogens is 1. The molecule has 0 aliphatic rings. The summed E-state index contributed by atoms with van der Waals surface area (Å²) in [6.07, 6.45) is 0.832. The van der Waals surface area contributed by atoms with Crippen molar-refractivity contribution in [3.8, 4) is 0 Å². The molecule has 5 nitrogen and oxygen atoms in total. The molecule has 1 unspecified atom stereocenters. The highest BCUT2D eigenvalue weighted by atomic mass is 35.5. The minimum absolute atomic E-state index is 0.190. The quantitative estimate of drug-likeness (QED) is 0.800. The third-order valence-corrected chi connectivity index (χ3v) is 2.32. The van der Waals surface area contributed by atoms with Crippen molar-refractivity contribution in [1.82, 2.24) is 10.2 Å². The number of carboxylic acids is 1. The van der Waals surface area contributed by atoms with E-state index < -0.39 is 5.97 Å². The third kappa shape index (κ3) is 4.93. The second kappa shape index (κ2) is 6.27. The van der Waals surface area contributed by atoms with Crippen molar-refractivity contribution in [3.63, 3.8) is 0 Å². The standard InChI is InChI=1S/C10H14ClN3O2/c1-7(2-5-10(15)16)6-12-9-4-3-8(11)13-14-9/h3-4,7H,2,5-6H2,1H3,(H,12,14)(H,15,16). The Kier molecular flexibility index (Phi) is 4.98. The smallest absolute Gasteiger partial charge is 0.303 e. The van der Waals surface area contributed by atoms with Crippen molar-refractivity contribution >= 4 is 23.4 Å². The van der Waals surface area contributed by atoms with Crippen molar-refractivity contribution in [1.29, 1.82) is 0 Å². The van der Waals surface area contributed by atoms with Gasteiger partial charge in [0.1, 0.15) is 5.82 Å². The van der Waals surface area contributed by atoms with E-state index in [0.717, 1.165) is 0 Å². The van der Waals surface area contributed by atoms with E-state index in [1.165, 1.54) is 0 Å². The summed E-state index contributed by atoms with van der Waals surface area (Å²) in [5.74, 6) is 0.151. The van der Waals surface area contributed by atoms with E-state index in [2.05, 4.69) is 15.5 Å². The molecule has 0 fully saturated rings. The average molecular weight is 244 g/mol. The molecule has 0 bridgehead atoms. The van der Waals surface area contributed by atoms with Gasteiger partial charge in [0.05, 0.1) is 0 Å². The Morgan fingerprint density at radius 1 is 1.56 bits per heavy atom. The zero-order valence-electron chi connectivity index (χ0n) is 8.98. The van der Waals surface area contributed by atoms with E-state index in [4.69, 9.17) is 16.7 Å². The van der Waals surface area contributed by atoms with Gasteiger partial charge in [0, 0.05) is 13.0 Å². The molecule has 0 aliphatic heterocycles.